The van der Waals surface area contributed by atoms with Gasteiger partial charge in [0, 0.05) is 40.8 Å². The molecule has 0 saturated carbocycles. The van der Waals surface area contributed by atoms with E-state index in [1.807, 2.05) is 17.9 Å². The predicted molar refractivity (Wildman–Crippen MR) is 128 cm³/mol. The van der Waals surface area contributed by atoms with Crippen LogP contribution in [0.2, 0.25) is 0 Å². The number of ether oxygens (including phenoxy) is 1. The third kappa shape index (κ3) is 3.64. The molecule has 1 saturated heterocycles. The molecule has 7 nitrogen and oxygen atoms in total. The second-order valence-corrected chi connectivity index (χ2v) is 11.6. The summed E-state index contributed by atoms with van der Waals surface area (Å²) in [5, 5.41) is 9.06. The number of aromatic nitrogens is 3. The first-order valence-electron chi connectivity index (χ1n) is 11.5. The van der Waals surface area contributed by atoms with E-state index in [0.29, 0.717) is 36.5 Å². The van der Waals surface area contributed by atoms with Crippen LogP contribution in [0.3, 0.4) is 0 Å². The summed E-state index contributed by atoms with van der Waals surface area (Å²) in [7, 11) is 1.62. The number of carbonyl (C=O) groups excluding carboxylic acids is 2. The highest BCUT2D eigenvalue weighted by Gasteiger charge is 2.44. The zero-order valence-electron chi connectivity index (χ0n) is 19.9. The molecule has 1 spiro atoms. The summed E-state index contributed by atoms with van der Waals surface area (Å²) >= 11 is 1.69. The van der Waals surface area contributed by atoms with Crippen molar-refractivity contribution in [3.8, 4) is 5.75 Å². The number of rotatable bonds is 2. The standard InChI is InChI=1S/C25H30N4O3S/c1-14-16-13-26-28-20(16)15(10-18(14)32-5)22(31)29-8-6-25(7-9-29)11-17(30)21-19(12-25)33-23(27-21)24(2,3)4/h10,13H,6-9,11-12H2,1-5H3,(H,26,28). The Kier molecular flexibility index (Phi) is 5.12. The molecule has 1 amide bonds. The summed E-state index contributed by atoms with van der Waals surface area (Å²) in [5.74, 6) is 0.823. The van der Waals surface area contributed by atoms with Crippen LogP contribution >= 0.6 is 11.3 Å². The molecule has 1 N–H and O–H groups in total. The molecule has 3 aromatic rings. The number of aryl methyl sites for hydroxylation is 1. The molecule has 5 rings (SSSR count). The maximum absolute atomic E-state index is 13.5. The predicted octanol–water partition coefficient (Wildman–Crippen LogP) is 4.69. The monoisotopic (exact) mass is 466 g/mol. The van der Waals surface area contributed by atoms with Crippen molar-refractivity contribution in [1.29, 1.82) is 0 Å². The van der Waals surface area contributed by atoms with Crippen LogP contribution in [0.25, 0.3) is 10.9 Å². The van der Waals surface area contributed by atoms with Crippen molar-refractivity contribution in [1.82, 2.24) is 20.1 Å². The van der Waals surface area contributed by atoms with E-state index in [1.165, 1.54) is 0 Å². The fraction of sp³-hybridized carbons (Fsp3) is 0.520. The Hall–Kier alpha value is -2.74. The largest absolute Gasteiger partial charge is 0.496 e. The van der Waals surface area contributed by atoms with Gasteiger partial charge < -0.3 is 9.64 Å². The van der Waals surface area contributed by atoms with E-state index in [1.54, 1.807) is 24.6 Å². The molecular formula is C25H30N4O3S. The molecule has 3 heterocycles. The first kappa shape index (κ1) is 22.1. The van der Waals surface area contributed by atoms with Crippen LogP contribution in [-0.2, 0) is 11.8 Å². The number of nitrogens with zero attached hydrogens (tertiary/aromatic N) is 3. The minimum atomic E-state index is -0.0726. The maximum atomic E-state index is 13.5. The first-order valence-corrected chi connectivity index (χ1v) is 12.3. The molecule has 33 heavy (non-hydrogen) atoms. The summed E-state index contributed by atoms with van der Waals surface area (Å²) in [6.07, 6.45) is 4.79. The molecule has 8 heteroatoms. The minimum absolute atomic E-state index is 0.0203. The third-order valence-electron chi connectivity index (χ3n) is 7.19. The van der Waals surface area contributed by atoms with Crippen LogP contribution in [-0.4, -0.2) is 52.0 Å². The number of aromatic amines is 1. The SMILES string of the molecule is COc1cc(C(=O)N2CCC3(CC2)CC(=O)c2nc(C(C)(C)C)sc2C3)c2[nH]ncc2c1C. The lowest BCUT2D eigenvalue weighted by Gasteiger charge is -2.43. The van der Waals surface area contributed by atoms with Gasteiger partial charge in [-0.1, -0.05) is 20.8 Å². The van der Waals surface area contributed by atoms with Crippen molar-refractivity contribution in [2.24, 2.45) is 5.41 Å². The lowest BCUT2D eigenvalue weighted by molar-refractivity contribution is 0.0523. The van der Waals surface area contributed by atoms with Gasteiger partial charge in [-0.2, -0.15) is 5.10 Å². The Morgan fingerprint density at radius 2 is 1.97 bits per heavy atom. The van der Waals surface area contributed by atoms with Crippen LogP contribution < -0.4 is 4.74 Å². The van der Waals surface area contributed by atoms with Gasteiger partial charge in [0.25, 0.3) is 5.91 Å². The first-order chi connectivity index (χ1) is 15.6. The van der Waals surface area contributed by atoms with Crippen molar-refractivity contribution in [3.63, 3.8) is 0 Å². The summed E-state index contributed by atoms with van der Waals surface area (Å²) in [6, 6.07) is 1.81. The summed E-state index contributed by atoms with van der Waals surface area (Å²) in [6.45, 7) is 9.65. The van der Waals surface area contributed by atoms with E-state index in [2.05, 4.69) is 31.0 Å². The molecule has 1 aliphatic heterocycles. The number of amides is 1. The lowest BCUT2D eigenvalue weighted by atomic mass is 9.68. The van der Waals surface area contributed by atoms with Crippen LogP contribution in [0, 0.1) is 12.3 Å². The number of Topliss-reactive ketones (excluding diaryl/α,β-unsaturated/α-hetero) is 1. The molecule has 1 aliphatic carbocycles. The molecule has 0 unspecified atom stereocenters. The molecule has 1 fully saturated rings. The molecule has 0 radical (unpaired) electrons. The van der Waals surface area contributed by atoms with Crippen LogP contribution in [0.5, 0.6) is 5.75 Å². The van der Waals surface area contributed by atoms with E-state index < -0.39 is 0 Å². The van der Waals surface area contributed by atoms with Gasteiger partial charge in [0.15, 0.2) is 5.78 Å². The smallest absolute Gasteiger partial charge is 0.256 e. The van der Waals surface area contributed by atoms with Crippen molar-refractivity contribution in [2.45, 2.75) is 58.8 Å². The molecular weight excluding hydrogens is 436 g/mol. The zero-order chi connectivity index (χ0) is 23.5. The number of methoxy groups -OCH3 is 1. The number of likely N-dealkylation sites (tertiary alicyclic amines) is 1. The normalized spacial score (nSPS) is 18.1. The van der Waals surface area contributed by atoms with Crippen LogP contribution in [0.4, 0.5) is 0 Å². The Morgan fingerprint density at radius 1 is 1.24 bits per heavy atom. The lowest BCUT2D eigenvalue weighted by Crippen LogP contribution is -2.46. The van der Waals surface area contributed by atoms with E-state index >= 15 is 0 Å². The molecule has 0 atom stereocenters. The second-order valence-electron chi connectivity index (χ2n) is 10.5. The van der Waals surface area contributed by atoms with Gasteiger partial charge in [-0.3, -0.25) is 14.7 Å². The minimum Gasteiger partial charge on any atom is -0.496 e. The number of nitrogens with one attached hydrogen (secondary N) is 1. The second kappa shape index (κ2) is 7.65. The Labute approximate surface area is 197 Å². The Balaban J connectivity index is 1.37. The van der Waals surface area contributed by atoms with Gasteiger partial charge in [-0.05, 0) is 37.7 Å². The molecule has 0 bridgehead atoms. The highest BCUT2D eigenvalue weighted by Crippen LogP contribution is 2.46. The van der Waals surface area contributed by atoms with Crippen molar-refractivity contribution >= 4 is 33.9 Å². The highest BCUT2D eigenvalue weighted by atomic mass is 32.1. The van der Waals surface area contributed by atoms with Gasteiger partial charge in [0.05, 0.1) is 29.4 Å². The number of benzene rings is 1. The maximum Gasteiger partial charge on any atom is 0.256 e. The number of H-pyrrole nitrogens is 1. The number of carbonyl (C=O) groups is 2. The molecule has 174 valence electrons. The zero-order valence-corrected chi connectivity index (χ0v) is 20.7. The summed E-state index contributed by atoms with van der Waals surface area (Å²) in [5.41, 5.74) is 2.85. The van der Waals surface area contributed by atoms with Crippen LogP contribution in [0.15, 0.2) is 12.3 Å². The van der Waals surface area contributed by atoms with Gasteiger partial charge in [0.1, 0.15) is 11.4 Å². The quantitative estimate of drug-likeness (QED) is 0.592. The third-order valence-corrected chi connectivity index (χ3v) is 8.67. The van der Waals surface area contributed by atoms with Gasteiger partial charge in [0.2, 0.25) is 0 Å². The molecule has 2 aliphatic rings. The number of ketones is 1. The molecule has 2 aromatic heterocycles. The number of hydrogen-bond donors (Lipinski definition) is 1. The number of piperidine rings is 1. The van der Waals surface area contributed by atoms with Crippen molar-refractivity contribution in [2.75, 3.05) is 20.2 Å². The average Bonchev–Trinajstić information content (AvgIpc) is 3.42. The van der Waals surface area contributed by atoms with Crippen LogP contribution in [0.1, 0.15) is 76.3 Å². The van der Waals surface area contributed by atoms with E-state index in [4.69, 9.17) is 9.72 Å². The summed E-state index contributed by atoms with van der Waals surface area (Å²) in [4.78, 5) is 34.2. The van der Waals surface area contributed by atoms with E-state index in [-0.39, 0.29) is 22.5 Å². The van der Waals surface area contributed by atoms with Crippen molar-refractivity contribution < 1.29 is 14.3 Å². The van der Waals surface area contributed by atoms with E-state index in [0.717, 1.165) is 45.6 Å². The fourth-order valence-electron chi connectivity index (χ4n) is 5.15. The van der Waals surface area contributed by atoms with Gasteiger partial charge in [-0.15, -0.1) is 11.3 Å². The topological polar surface area (TPSA) is 88.2 Å². The Bertz CT molecular complexity index is 1260. The number of thiazole rings is 1. The fourth-order valence-corrected chi connectivity index (χ4v) is 6.46. The van der Waals surface area contributed by atoms with Gasteiger partial charge >= 0.3 is 0 Å². The highest BCUT2D eigenvalue weighted by molar-refractivity contribution is 7.12. The Morgan fingerprint density at radius 3 is 2.64 bits per heavy atom. The molecule has 1 aromatic carbocycles. The van der Waals surface area contributed by atoms with Gasteiger partial charge in [-0.25, -0.2) is 4.98 Å². The summed E-state index contributed by atoms with van der Waals surface area (Å²) < 4.78 is 5.51. The van der Waals surface area contributed by atoms with E-state index in [9.17, 15) is 9.59 Å². The van der Waals surface area contributed by atoms with Crippen molar-refractivity contribution in [3.05, 3.63) is 39.0 Å². The number of hydrogen-bond acceptors (Lipinski definition) is 6. The number of fused-ring (bicyclic) bond motifs is 2. The average molecular weight is 467 g/mol.